The first-order valence-corrected chi connectivity index (χ1v) is 16.4. The summed E-state index contributed by atoms with van der Waals surface area (Å²) in [5.41, 5.74) is 8.97. The summed E-state index contributed by atoms with van der Waals surface area (Å²) < 4.78 is 7.91. The van der Waals surface area contributed by atoms with Gasteiger partial charge in [0.15, 0.2) is 5.82 Å². The molecule has 0 aliphatic rings. The van der Waals surface area contributed by atoms with Gasteiger partial charge in [0.05, 0.1) is 19.4 Å². The number of aromatic nitrogens is 5. The van der Waals surface area contributed by atoms with E-state index < -0.39 is 5.54 Å². The summed E-state index contributed by atoms with van der Waals surface area (Å²) in [7, 11) is 1.65. The summed E-state index contributed by atoms with van der Waals surface area (Å²) in [6.07, 6.45) is 0.675. The van der Waals surface area contributed by atoms with Crippen LogP contribution in [0.1, 0.15) is 40.6 Å². The van der Waals surface area contributed by atoms with E-state index in [0.717, 1.165) is 61.5 Å². The Morgan fingerprint density at radius 3 is 1.76 bits per heavy atom. The predicted molar refractivity (Wildman–Crippen MR) is 193 cm³/mol. The smallest absolute Gasteiger partial charge is 0.184 e. The van der Waals surface area contributed by atoms with Gasteiger partial charge in [-0.2, -0.15) is 0 Å². The summed E-state index contributed by atoms with van der Waals surface area (Å²) in [6.45, 7) is 3.82. The first kappa shape index (κ1) is 31.7. The van der Waals surface area contributed by atoms with Gasteiger partial charge in [-0.05, 0) is 63.2 Å². The van der Waals surface area contributed by atoms with E-state index in [1.807, 2.05) is 54.9 Å². The minimum absolute atomic E-state index is 0.172. The Hall–Kier alpha value is -5.92. The molecule has 7 nitrogen and oxygen atoms in total. The maximum absolute atomic E-state index is 10.7. The van der Waals surface area contributed by atoms with Crippen molar-refractivity contribution in [1.82, 2.24) is 25.2 Å². The van der Waals surface area contributed by atoms with Crippen molar-refractivity contribution in [3.05, 3.63) is 173 Å². The van der Waals surface area contributed by atoms with Gasteiger partial charge in [-0.15, -0.1) is 5.10 Å². The summed E-state index contributed by atoms with van der Waals surface area (Å²) in [5, 5.41) is 24.7. The average molecular weight is 644 g/mol. The Kier molecular flexibility index (Phi) is 8.83. The SMILES string of the molecule is CCc1nc(C)c(OC)c(-c2ccc(-c3ccccc3)c(-c3nnnn3C(c3ccccc3)(c3ccccc3)c3ccccc3)c2)c1CO. The summed E-state index contributed by atoms with van der Waals surface area (Å²) in [4.78, 5) is 4.78. The number of hydrogen-bond donors (Lipinski definition) is 1. The van der Waals surface area contributed by atoms with Crippen LogP contribution in [0.15, 0.2) is 140 Å². The number of rotatable bonds is 10. The molecule has 2 aromatic heterocycles. The normalized spacial score (nSPS) is 11.4. The minimum atomic E-state index is -0.927. The topological polar surface area (TPSA) is 86.0 Å². The number of pyridine rings is 1. The standard InChI is InChI=1S/C42H37N5O2/c1-4-38-37(28-48)39(40(49-3)29(2)43-38)31-25-26-35(30-17-9-5-10-18-30)36(27-31)41-44-45-46-47(41)42(32-19-11-6-12-20-32,33-21-13-7-14-22-33)34-23-15-8-16-24-34/h5-27,48H,4,28H2,1-3H3. The molecule has 0 amide bonds. The van der Waals surface area contributed by atoms with Crippen LogP contribution in [-0.2, 0) is 18.6 Å². The van der Waals surface area contributed by atoms with E-state index >= 15 is 0 Å². The van der Waals surface area contributed by atoms with E-state index in [0.29, 0.717) is 18.0 Å². The number of nitrogens with zero attached hydrogens (tertiary/aromatic N) is 5. The molecular formula is C42H37N5O2. The molecule has 0 saturated heterocycles. The molecule has 7 rings (SSSR count). The number of tetrazole rings is 1. The number of methoxy groups -OCH3 is 1. The maximum atomic E-state index is 10.7. The molecule has 0 saturated carbocycles. The van der Waals surface area contributed by atoms with Crippen molar-refractivity contribution in [2.24, 2.45) is 0 Å². The van der Waals surface area contributed by atoms with Crippen molar-refractivity contribution >= 4 is 0 Å². The van der Waals surface area contributed by atoms with E-state index in [1.54, 1.807) is 7.11 Å². The number of aliphatic hydroxyl groups excluding tert-OH is 1. The quantitative estimate of drug-likeness (QED) is 0.151. The molecule has 7 heteroatoms. The van der Waals surface area contributed by atoms with E-state index in [9.17, 15) is 5.11 Å². The third-order valence-corrected chi connectivity index (χ3v) is 9.20. The molecule has 0 bridgehead atoms. The molecule has 49 heavy (non-hydrogen) atoms. The molecular weight excluding hydrogens is 606 g/mol. The number of aryl methyl sites for hydroxylation is 2. The number of ether oxygens (including phenoxy) is 1. The van der Waals surface area contributed by atoms with E-state index in [-0.39, 0.29) is 6.61 Å². The van der Waals surface area contributed by atoms with Gasteiger partial charge in [-0.1, -0.05) is 140 Å². The first-order valence-electron chi connectivity index (χ1n) is 16.4. The molecule has 7 aromatic rings. The Labute approximate surface area is 286 Å². The van der Waals surface area contributed by atoms with Gasteiger partial charge in [0.25, 0.3) is 0 Å². The second-order valence-corrected chi connectivity index (χ2v) is 11.9. The van der Waals surface area contributed by atoms with Gasteiger partial charge < -0.3 is 9.84 Å². The second kappa shape index (κ2) is 13.7. The Morgan fingerprint density at radius 1 is 0.694 bits per heavy atom. The van der Waals surface area contributed by atoms with E-state index in [1.165, 1.54) is 0 Å². The van der Waals surface area contributed by atoms with Gasteiger partial charge in [0.2, 0.25) is 0 Å². The third kappa shape index (κ3) is 5.48. The molecule has 0 aliphatic carbocycles. The Morgan fingerprint density at radius 2 is 1.24 bits per heavy atom. The molecule has 0 spiro atoms. The largest absolute Gasteiger partial charge is 0.494 e. The van der Waals surface area contributed by atoms with Gasteiger partial charge in [0.1, 0.15) is 11.3 Å². The lowest BCUT2D eigenvalue weighted by Gasteiger charge is -2.36. The van der Waals surface area contributed by atoms with Crippen LogP contribution >= 0.6 is 0 Å². The highest BCUT2D eigenvalue weighted by molar-refractivity contribution is 5.87. The van der Waals surface area contributed by atoms with Crippen LogP contribution in [0.4, 0.5) is 0 Å². The van der Waals surface area contributed by atoms with Crippen LogP contribution in [0.25, 0.3) is 33.6 Å². The van der Waals surface area contributed by atoms with Crippen molar-refractivity contribution in [3.8, 4) is 39.4 Å². The van der Waals surface area contributed by atoms with Crippen LogP contribution < -0.4 is 4.74 Å². The molecule has 0 aliphatic heterocycles. The Balaban J connectivity index is 1.59. The molecule has 5 aromatic carbocycles. The highest BCUT2D eigenvalue weighted by Gasteiger charge is 2.42. The zero-order valence-corrected chi connectivity index (χ0v) is 27.8. The lowest BCUT2D eigenvalue weighted by molar-refractivity contribution is 0.279. The van der Waals surface area contributed by atoms with Crippen LogP contribution in [0.5, 0.6) is 5.75 Å². The molecule has 242 valence electrons. The highest BCUT2D eigenvalue weighted by atomic mass is 16.5. The van der Waals surface area contributed by atoms with Crippen molar-refractivity contribution in [2.45, 2.75) is 32.4 Å². The minimum Gasteiger partial charge on any atom is -0.494 e. The van der Waals surface area contributed by atoms with Gasteiger partial charge in [-0.25, -0.2) is 4.68 Å². The maximum Gasteiger partial charge on any atom is 0.184 e. The fourth-order valence-electron chi connectivity index (χ4n) is 7.04. The van der Waals surface area contributed by atoms with E-state index in [2.05, 4.69) is 108 Å². The predicted octanol–water partition coefficient (Wildman–Crippen LogP) is 8.28. The van der Waals surface area contributed by atoms with Crippen molar-refractivity contribution in [2.75, 3.05) is 7.11 Å². The molecule has 0 fully saturated rings. The molecule has 0 radical (unpaired) electrons. The van der Waals surface area contributed by atoms with Crippen molar-refractivity contribution < 1.29 is 9.84 Å². The summed E-state index contributed by atoms with van der Waals surface area (Å²) in [5.74, 6) is 1.22. The summed E-state index contributed by atoms with van der Waals surface area (Å²) in [6, 6.07) is 47.7. The van der Waals surface area contributed by atoms with Crippen LogP contribution in [0.3, 0.4) is 0 Å². The van der Waals surface area contributed by atoms with Crippen LogP contribution in [0.2, 0.25) is 0 Å². The Bertz CT molecular complexity index is 2090. The van der Waals surface area contributed by atoms with Crippen molar-refractivity contribution in [1.29, 1.82) is 0 Å². The zero-order chi connectivity index (χ0) is 33.8. The average Bonchev–Trinajstić information content (AvgIpc) is 3.66. The fraction of sp³-hybridized carbons (Fsp3) is 0.143. The van der Waals surface area contributed by atoms with Crippen LogP contribution in [-0.4, -0.2) is 37.4 Å². The lowest BCUT2D eigenvalue weighted by atomic mass is 9.76. The van der Waals surface area contributed by atoms with Crippen molar-refractivity contribution in [3.63, 3.8) is 0 Å². The second-order valence-electron chi connectivity index (χ2n) is 11.9. The van der Waals surface area contributed by atoms with Gasteiger partial charge >= 0.3 is 0 Å². The first-order chi connectivity index (χ1) is 24.1. The molecule has 1 N–H and O–H groups in total. The molecule has 2 heterocycles. The number of aliphatic hydroxyl groups is 1. The molecule has 0 atom stereocenters. The highest BCUT2D eigenvalue weighted by Crippen LogP contribution is 2.45. The monoisotopic (exact) mass is 643 g/mol. The lowest BCUT2D eigenvalue weighted by Crippen LogP contribution is -2.39. The molecule has 0 unspecified atom stereocenters. The van der Waals surface area contributed by atoms with Gasteiger partial charge in [-0.3, -0.25) is 4.98 Å². The van der Waals surface area contributed by atoms with Crippen LogP contribution in [0, 0.1) is 6.92 Å². The van der Waals surface area contributed by atoms with E-state index in [4.69, 9.17) is 20.0 Å². The van der Waals surface area contributed by atoms with Gasteiger partial charge in [0, 0.05) is 22.4 Å². The number of benzene rings is 5. The third-order valence-electron chi connectivity index (χ3n) is 9.20. The number of hydrogen-bond acceptors (Lipinski definition) is 6. The fourth-order valence-corrected chi connectivity index (χ4v) is 7.04. The summed E-state index contributed by atoms with van der Waals surface area (Å²) >= 11 is 0. The zero-order valence-electron chi connectivity index (χ0n) is 27.8.